The molecule has 1 aromatic heterocycles. The van der Waals surface area contributed by atoms with E-state index >= 15 is 0 Å². The zero-order valence-electron chi connectivity index (χ0n) is 7.33. The average Bonchev–Trinajstić information content (AvgIpc) is 2.78. The highest BCUT2D eigenvalue weighted by Crippen LogP contribution is 2.17. The first-order valence-corrected chi connectivity index (χ1v) is 4.39. The Balaban J connectivity index is 1.81. The van der Waals surface area contributed by atoms with Crippen LogP contribution in [0.4, 0.5) is 0 Å². The van der Waals surface area contributed by atoms with Gasteiger partial charge in [-0.05, 0) is 12.8 Å². The van der Waals surface area contributed by atoms with Gasteiger partial charge in [-0.25, -0.2) is 9.98 Å². The number of nitrogens with two attached hydrogens (primary N) is 1. The Bertz CT molecular complexity index is 285. The number of imidazole rings is 1. The Morgan fingerprint density at radius 1 is 1.77 bits per heavy atom. The van der Waals surface area contributed by atoms with Gasteiger partial charge in [0, 0.05) is 18.4 Å². The highest BCUT2D eigenvalue weighted by atomic mass is 15.1. The van der Waals surface area contributed by atoms with Gasteiger partial charge in [0.25, 0.3) is 0 Å². The first-order valence-electron chi connectivity index (χ1n) is 4.39. The van der Waals surface area contributed by atoms with E-state index in [1.54, 1.807) is 12.4 Å². The maximum absolute atomic E-state index is 5.63. The molecule has 1 aromatic rings. The number of aliphatic imine (C=N–C) groups is 1. The summed E-state index contributed by atoms with van der Waals surface area (Å²) in [5.41, 5.74) is 5.63. The second kappa shape index (κ2) is 3.47. The highest BCUT2D eigenvalue weighted by Gasteiger charge is 2.21. The molecular formula is C8H13N5. The standard InChI is InChI=1S/C8H13N5/c9-8(13-6-1-2-6)12-5-7-10-3-4-11-7/h3-4,6H,1-2,5H2,(H,10,11)(H3,9,12,13). The number of nitrogens with one attached hydrogen (secondary N) is 2. The first kappa shape index (κ1) is 8.10. The molecule has 0 amide bonds. The van der Waals surface area contributed by atoms with Crippen LogP contribution in [-0.2, 0) is 6.54 Å². The molecule has 5 nitrogen and oxygen atoms in total. The normalized spacial score (nSPS) is 17.4. The molecule has 5 heteroatoms. The van der Waals surface area contributed by atoms with Gasteiger partial charge in [-0.2, -0.15) is 0 Å². The number of hydrogen-bond acceptors (Lipinski definition) is 2. The van der Waals surface area contributed by atoms with Crippen LogP contribution in [0.3, 0.4) is 0 Å². The predicted molar refractivity (Wildman–Crippen MR) is 50.1 cm³/mol. The molecule has 1 aliphatic carbocycles. The summed E-state index contributed by atoms with van der Waals surface area (Å²) >= 11 is 0. The van der Waals surface area contributed by atoms with Crippen molar-refractivity contribution in [3.8, 4) is 0 Å². The zero-order chi connectivity index (χ0) is 9.10. The fourth-order valence-electron chi connectivity index (χ4n) is 1.03. The van der Waals surface area contributed by atoms with Crippen molar-refractivity contribution in [2.45, 2.75) is 25.4 Å². The summed E-state index contributed by atoms with van der Waals surface area (Å²) in [4.78, 5) is 11.1. The Labute approximate surface area is 76.5 Å². The summed E-state index contributed by atoms with van der Waals surface area (Å²) < 4.78 is 0. The fraction of sp³-hybridized carbons (Fsp3) is 0.500. The maximum atomic E-state index is 5.63. The van der Waals surface area contributed by atoms with Gasteiger partial charge in [0.2, 0.25) is 0 Å². The molecule has 0 spiro atoms. The van der Waals surface area contributed by atoms with Crippen molar-refractivity contribution < 1.29 is 0 Å². The lowest BCUT2D eigenvalue weighted by atomic mass is 10.6. The van der Waals surface area contributed by atoms with Crippen LogP contribution in [0.5, 0.6) is 0 Å². The molecule has 1 fully saturated rings. The Kier molecular flexibility index (Phi) is 2.16. The smallest absolute Gasteiger partial charge is 0.189 e. The van der Waals surface area contributed by atoms with E-state index in [4.69, 9.17) is 5.73 Å². The van der Waals surface area contributed by atoms with E-state index in [1.807, 2.05) is 0 Å². The Morgan fingerprint density at radius 2 is 2.62 bits per heavy atom. The zero-order valence-corrected chi connectivity index (χ0v) is 7.33. The topological polar surface area (TPSA) is 79.1 Å². The summed E-state index contributed by atoms with van der Waals surface area (Å²) in [6.45, 7) is 0.512. The van der Waals surface area contributed by atoms with Crippen molar-refractivity contribution in [3.63, 3.8) is 0 Å². The van der Waals surface area contributed by atoms with Crippen LogP contribution in [0.2, 0.25) is 0 Å². The van der Waals surface area contributed by atoms with Gasteiger partial charge < -0.3 is 16.0 Å². The molecule has 4 N–H and O–H groups in total. The molecule has 1 aliphatic rings. The van der Waals surface area contributed by atoms with E-state index in [2.05, 4.69) is 20.3 Å². The van der Waals surface area contributed by atoms with Gasteiger partial charge in [-0.15, -0.1) is 0 Å². The van der Waals surface area contributed by atoms with Gasteiger partial charge in [-0.3, -0.25) is 0 Å². The second-order valence-corrected chi connectivity index (χ2v) is 3.16. The minimum Gasteiger partial charge on any atom is -0.370 e. The van der Waals surface area contributed by atoms with Crippen LogP contribution in [0.15, 0.2) is 17.4 Å². The SMILES string of the molecule is NC(=NCc1ncc[nH]1)NC1CC1. The molecule has 0 saturated heterocycles. The van der Waals surface area contributed by atoms with Crippen LogP contribution in [0, 0.1) is 0 Å². The molecule has 2 rings (SSSR count). The Morgan fingerprint density at radius 3 is 3.23 bits per heavy atom. The lowest BCUT2D eigenvalue weighted by molar-refractivity contribution is 0.864. The van der Waals surface area contributed by atoms with E-state index in [-0.39, 0.29) is 0 Å². The van der Waals surface area contributed by atoms with E-state index in [0.29, 0.717) is 18.5 Å². The molecule has 0 radical (unpaired) electrons. The van der Waals surface area contributed by atoms with E-state index in [1.165, 1.54) is 12.8 Å². The Hall–Kier alpha value is -1.52. The van der Waals surface area contributed by atoms with Crippen LogP contribution < -0.4 is 11.1 Å². The summed E-state index contributed by atoms with van der Waals surface area (Å²) in [5, 5.41) is 3.10. The van der Waals surface area contributed by atoms with Crippen molar-refractivity contribution in [1.82, 2.24) is 15.3 Å². The molecule has 1 heterocycles. The lowest BCUT2D eigenvalue weighted by Gasteiger charge is -2.01. The minimum atomic E-state index is 0.512. The second-order valence-electron chi connectivity index (χ2n) is 3.16. The van der Waals surface area contributed by atoms with Gasteiger partial charge in [0.1, 0.15) is 12.4 Å². The lowest BCUT2D eigenvalue weighted by Crippen LogP contribution is -2.33. The van der Waals surface area contributed by atoms with E-state index in [0.717, 1.165) is 5.82 Å². The van der Waals surface area contributed by atoms with Gasteiger partial charge in [-0.1, -0.05) is 0 Å². The van der Waals surface area contributed by atoms with Crippen molar-refractivity contribution in [2.75, 3.05) is 0 Å². The van der Waals surface area contributed by atoms with Gasteiger partial charge in [0.05, 0.1) is 0 Å². The third kappa shape index (κ3) is 2.47. The number of aromatic amines is 1. The molecule has 0 bridgehead atoms. The van der Waals surface area contributed by atoms with Crippen LogP contribution in [0.25, 0.3) is 0 Å². The third-order valence-electron chi connectivity index (χ3n) is 1.88. The van der Waals surface area contributed by atoms with E-state index in [9.17, 15) is 0 Å². The van der Waals surface area contributed by atoms with Crippen molar-refractivity contribution in [3.05, 3.63) is 18.2 Å². The summed E-state index contributed by atoms with van der Waals surface area (Å²) in [7, 11) is 0. The molecule has 0 aromatic carbocycles. The number of hydrogen-bond donors (Lipinski definition) is 3. The molecule has 13 heavy (non-hydrogen) atoms. The average molecular weight is 179 g/mol. The van der Waals surface area contributed by atoms with Gasteiger partial charge in [0.15, 0.2) is 5.96 Å². The number of rotatable bonds is 3. The first-order chi connectivity index (χ1) is 6.34. The number of nitrogens with zero attached hydrogens (tertiary/aromatic N) is 2. The molecule has 0 atom stereocenters. The van der Waals surface area contributed by atoms with Crippen molar-refractivity contribution in [1.29, 1.82) is 0 Å². The number of aromatic nitrogens is 2. The third-order valence-corrected chi connectivity index (χ3v) is 1.88. The van der Waals surface area contributed by atoms with Crippen molar-refractivity contribution in [2.24, 2.45) is 10.7 Å². The molecule has 70 valence electrons. The van der Waals surface area contributed by atoms with Gasteiger partial charge >= 0.3 is 0 Å². The molecule has 0 unspecified atom stereocenters. The fourth-order valence-corrected chi connectivity index (χ4v) is 1.03. The van der Waals surface area contributed by atoms with Crippen LogP contribution >= 0.6 is 0 Å². The highest BCUT2D eigenvalue weighted by molar-refractivity contribution is 5.78. The summed E-state index contributed by atoms with van der Waals surface area (Å²) in [5.74, 6) is 1.35. The monoisotopic (exact) mass is 179 g/mol. The molecular weight excluding hydrogens is 166 g/mol. The summed E-state index contributed by atoms with van der Waals surface area (Å²) in [6, 6.07) is 0.556. The van der Waals surface area contributed by atoms with Crippen LogP contribution in [-0.4, -0.2) is 22.0 Å². The van der Waals surface area contributed by atoms with Crippen molar-refractivity contribution >= 4 is 5.96 Å². The molecule has 0 aliphatic heterocycles. The minimum absolute atomic E-state index is 0.512. The number of guanidine groups is 1. The predicted octanol–water partition coefficient (Wildman–Crippen LogP) is -0.0236. The van der Waals surface area contributed by atoms with E-state index < -0.39 is 0 Å². The molecule has 1 saturated carbocycles. The largest absolute Gasteiger partial charge is 0.370 e. The van der Waals surface area contributed by atoms with Crippen LogP contribution in [0.1, 0.15) is 18.7 Å². The summed E-state index contributed by atoms with van der Waals surface area (Å²) in [6.07, 6.45) is 5.89. The number of H-pyrrole nitrogens is 1. The quantitative estimate of drug-likeness (QED) is 0.450. The maximum Gasteiger partial charge on any atom is 0.189 e.